The molecular formula is C10H21F. The zero-order chi connectivity index (χ0) is 8.53. The first-order chi connectivity index (χ1) is 5.31. The summed E-state index contributed by atoms with van der Waals surface area (Å²) in [6.45, 7) is 4.21. The number of rotatable bonds is 7. The molecule has 0 fully saturated rings. The Bertz CT molecular complexity index is 71.3. The summed E-state index contributed by atoms with van der Waals surface area (Å²) in [6, 6.07) is 0. The van der Waals surface area contributed by atoms with E-state index in [9.17, 15) is 4.39 Å². The molecule has 0 radical (unpaired) electrons. The Morgan fingerprint density at radius 3 is 2.36 bits per heavy atom. The highest BCUT2D eigenvalue weighted by atomic mass is 19.1. The van der Waals surface area contributed by atoms with Crippen LogP contribution in [0.4, 0.5) is 4.39 Å². The van der Waals surface area contributed by atoms with Crippen LogP contribution in [0.25, 0.3) is 0 Å². The molecule has 0 N–H and O–H groups in total. The molecule has 0 rings (SSSR count). The van der Waals surface area contributed by atoms with E-state index < -0.39 is 0 Å². The fourth-order valence-electron chi connectivity index (χ4n) is 1.25. The Morgan fingerprint density at radius 2 is 1.82 bits per heavy atom. The fourth-order valence-corrected chi connectivity index (χ4v) is 1.25. The number of hydrogen-bond donors (Lipinski definition) is 0. The topological polar surface area (TPSA) is 0 Å². The number of alkyl halides is 1. The van der Waals surface area contributed by atoms with Crippen LogP contribution < -0.4 is 0 Å². The van der Waals surface area contributed by atoms with Crippen molar-refractivity contribution in [3.05, 3.63) is 0 Å². The summed E-state index contributed by atoms with van der Waals surface area (Å²) in [4.78, 5) is 0. The highest BCUT2D eigenvalue weighted by molar-refractivity contribution is 4.52. The van der Waals surface area contributed by atoms with Gasteiger partial charge in [-0.1, -0.05) is 46.0 Å². The third-order valence-corrected chi connectivity index (χ3v) is 2.15. The summed E-state index contributed by atoms with van der Waals surface area (Å²) in [5.74, 6) is 0.594. The van der Waals surface area contributed by atoms with E-state index in [0.29, 0.717) is 5.92 Å². The monoisotopic (exact) mass is 160 g/mol. The molecule has 0 aromatic rings. The number of unbranched alkanes of at least 4 members (excludes halogenated alkanes) is 3. The van der Waals surface area contributed by atoms with E-state index >= 15 is 0 Å². The molecule has 0 saturated heterocycles. The van der Waals surface area contributed by atoms with Gasteiger partial charge < -0.3 is 0 Å². The van der Waals surface area contributed by atoms with Crippen LogP contribution in [0.15, 0.2) is 0 Å². The van der Waals surface area contributed by atoms with E-state index in [-0.39, 0.29) is 6.67 Å². The molecule has 0 aromatic carbocycles. The quantitative estimate of drug-likeness (QED) is 0.495. The molecule has 1 heteroatoms. The average molecular weight is 160 g/mol. The van der Waals surface area contributed by atoms with Gasteiger partial charge in [0.05, 0.1) is 6.67 Å². The second-order valence-electron chi connectivity index (χ2n) is 3.43. The standard InChI is InChI=1S/C10H21F/c1-3-4-5-6-7-10(2)8-9-11/h10H,3-9H2,1-2H3. The van der Waals surface area contributed by atoms with Crippen molar-refractivity contribution in [1.82, 2.24) is 0 Å². The SMILES string of the molecule is CCCCCCC(C)CCF. The molecule has 0 aromatic heterocycles. The van der Waals surface area contributed by atoms with Crippen molar-refractivity contribution in [2.24, 2.45) is 5.92 Å². The van der Waals surface area contributed by atoms with Gasteiger partial charge in [-0.2, -0.15) is 0 Å². The van der Waals surface area contributed by atoms with Crippen molar-refractivity contribution in [3.8, 4) is 0 Å². The van der Waals surface area contributed by atoms with Crippen LogP contribution in [-0.4, -0.2) is 6.67 Å². The normalized spacial score (nSPS) is 13.4. The molecule has 0 aliphatic heterocycles. The van der Waals surface area contributed by atoms with Gasteiger partial charge in [0.2, 0.25) is 0 Å². The second-order valence-corrected chi connectivity index (χ2v) is 3.43. The summed E-state index contributed by atoms with van der Waals surface area (Å²) in [7, 11) is 0. The van der Waals surface area contributed by atoms with Gasteiger partial charge in [-0.3, -0.25) is 4.39 Å². The Labute approximate surface area is 70.2 Å². The lowest BCUT2D eigenvalue weighted by Crippen LogP contribution is -1.95. The lowest BCUT2D eigenvalue weighted by Gasteiger charge is -2.07. The van der Waals surface area contributed by atoms with Gasteiger partial charge in [0.1, 0.15) is 0 Å². The minimum absolute atomic E-state index is 0.144. The van der Waals surface area contributed by atoms with Crippen LogP contribution in [0.2, 0.25) is 0 Å². The van der Waals surface area contributed by atoms with Crippen molar-refractivity contribution >= 4 is 0 Å². The average Bonchev–Trinajstić information content (AvgIpc) is 1.99. The van der Waals surface area contributed by atoms with Gasteiger partial charge in [-0.25, -0.2) is 0 Å². The van der Waals surface area contributed by atoms with Crippen LogP contribution >= 0.6 is 0 Å². The molecule has 0 nitrogen and oxygen atoms in total. The molecule has 11 heavy (non-hydrogen) atoms. The van der Waals surface area contributed by atoms with E-state index in [1.54, 1.807) is 0 Å². The first-order valence-corrected chi connectivity index (χ1v) is 4.87. The minimum Gasteiger partial charge on any atom is -0.251 e. The van der Waals surface area contributed by atoms with Crippen LogP contribution in [0, 0.1) is 5.92 Å². The first kappa shape index (κ1) is 10.9. The fraction of sp³-hybridized carbons (Fsp3) is 1.00. The molecule has 0 saturated carbocycles. The van der Waals surface area contributed by atoms with Crippen LogP contribution in [0.5, 0.6) is 0 Å². The molecule has 0 aliphatic rings. The van der Waals surface area contributed by atoms with Gasteiger partial charge in [-0.05, 0) is 12.3 Å². The predicted molar refractivity (Wildman–Crippen MR) is 48.5 cm³/mol. The van der Waals surface area contributed by atoms with Crippen molar-refractivity contribution in [3.63, 3.8) is 0 Å². The van der Waals surface area contributed by atoms with Crippen molar-refractivity contribution in [1.29, 1.82) is 0 Å². The van der Waals surface area contributed by atoms with E-state index in [2.05, 4.69) is 13.8 Å². The largest absolute Gasteiger partial charge is 0.251 e. The second kappa shape index (κ2) is 8.03. The Balaban J connectivity index is 2.97. The molecule has 1 unspecified atom stereocenters. The Hall–Kier alpha value is -0.0700. The zero-order valence-corrected chi connectivity index (χ0v) is 7.91. The van der Waals surface area contributed by atoms with Gasteiger partial charge in [0, 0.05) is 0 Å². The summed E-state index contributed by atoms with van der Waals surface area (Å²) in [5.41, 5.74) is 0. The Kier molecular flexibility index (Phi) is 7.98. The van der Waals surface area contributed by atoms with Crippen LogP contribution in [-0.2, 0) is 0 Å². The maximum atomic E-state index is 11.8. The van der Waals surface area contributed by atoms with Crippen molar-refractivity contribution in [2.45, 2.75) is 52.4 Å². The highest BCUT2D eigenvalue weighted by Crippen LogP contribution is 2.13. The highest BCUT2D eigenvalue weighted by Gasteiger charge is 2.00. The summed E-state index contributed by atoms with van der Waals surface area (Å²) < 4.78 is 11.8. The van der Waals surface area contributed by atoms with E-state index in [0.717, 1.165) is 6.42 Å². The number of hydrogen-bond acceptors (Lipinski definition) is 0. The van der Waals surface area contributed by atoms with Gasteiger partial charge in [0.15, 0.2) is 0 Å². The molecule has 0 amide bonds. The molecule has 68 valence electrons. The summed E-state index contributed by atoms with van der Waals surface area (Å²) in [6.07, 6.45) is 7.21. The number of halogens is 1. The molecule has 0 aliphatic carbocycles. The minimum atomic E-state index is -0.144. The lowest BCUT2D eigenvalue weighted by atomic mass is 10.0. The molecule has 1 atom stereocenters. The maximum Gasteiger partial charge on any atom is 0.0897 e. The lowest BCUT2D eigenvalue weighted by molar-refractivity contribution is 0.379. The van der Waals surface area contributed by atoms with Crippen LogP contribution in [0.1, 0.15) is 52.4 Å². The van der Waals surface area contributed by atoms with Gasteiger partial charge in [0.25, 0.3) is 0 Å². The van der Waals surface area contributed by atoms with E-state index in [1.807, 2.05) is 0 Å². The molecule has 0 heterocycles. The Morgan fingerprint density at radius 1 is 1.09 bits per heavy atom. The van der Waals surface area contributed by atoms with E-state index in [1.165, 1.54) is 32.1 Å². The zero-order valence-electron chi connectivity index (χ0n) is 7.91. The van der Waals surface area contributed by atoms with Gasteiger partial charge >= 0.3 is 0 Å². The summed E-state index contributed by atoms with van der Waals surface area (Å²) in [5, 5.41) is 0. The first-order valence-electron chi connectivity index (χ1n) is 4.87. The predicted octanol–water partition coefficient (Wildman–Crippen LogP) is 3.95. The smallest absolute Gasteiger partial charge is 0.0897 e. The van der Waals surface area contributed by atoms with Crippen molar-refractivity contribution in [2.75, 3.05) is 6.67 Å². The van der Waals surface area contributed by atoms with Gasteiger partial charge in [-0.15, -0.1) is 0 Å². The van der Waals surface area contributed by atoms with Crippen molar-refractivity contribution < 1.29 is 4.39 Å². The molecular weight excluding hydrogens is 139 g/mol. The molecule has 0 bridgehead atoms. The van der Waals surface area contributed by atoms with Crippen LogP contribution in [0.3, 0.4) is 0 Å². The third kappa shape index (κ3) is 7.83. The van der Waals surface area contributed by atoms with E-state index in [4.69, 9.17) is 0 Å². The maximum absolute atomic E-state index is 11.8. The summed E-state index contributed by atoms with van der Waals surface area (Å²) >= 11 is 0. The molecule has 0 spiro atoms. The third-order valence-electron chi connectivity index (χ3n) is 2.15.